The van der Waals surface area contributed by atoms with E-state index in [-0.39, 0.29) is 0 Å². The zero-order valence-corrected chi connectivity index (χ0v) is 11.3. The largest absolute Gasteiger partial charge is 0.493 e. The molecule has 0 aliphatic carbocycles. The predicted octanol–water partition coefficient (Wildman–Crippen LogP) is 1.77. The number of benzene rings is 1. The van der Waals surface area contributed by atoms with Gasteiger partial charge in [0.15, 0.2) is 5.75 Å². The van der Waals surface area contributed by atoms with Crippen molar-refractivity contribution in [1.82, 2.24) is 15.2 Å². The number of nitrogens with one attached hydrogen (secondary N) is 1. The molecule has 1 atom stereocenters. The van der Waals surface area contributed by atoms with E-state index in [2.05, 4.69) is 10.5 Å². The molecule has 102 valence electrons. The third-order valence-corrected chi connectivity index (χ3v) is 3.12. The number of halogens is 2. The van der Waals surface area contributed by atoms with Crippen LogP contribution in [0.3, 0.4) is 0 Å². The van der Waals surface area contributed by atoms with E-state index in [0.29, 0.717) is 22.0 Å². The molecular weight excluding hydrogens is 271 g/mol. The van der Waals surface area contributed by atoms with Gasteiger partial charge in [0.25, 0.3) is 0 Å². The molecule has 0 radical (unpaired) electrons. The Bertz CT molecular complexity index is 587. The summed E-state index contributed by atoms with van der Waals surface area (Å²) in [6.07, 6.45) is 1.55. The van der Waals surface area contributed by atoms with Crippen molar-refractivity contribution in [3.05, 3.63) is 46.5 Å². The van der Waals surface area contributed by atoms with Gasteiger partial charge in [0.2, 0.25) is 0 Å². The van der Waals surface area contributed by atoms with E-state index < -0.39 is 11.9 Å². The number of aromatic nitrogens is 2. The van der Waals surface area contributed by atoms with Crippen molar-refractivity contribution in [1.29, 1.82) is 0 Å². The molecule has 0 fully saturated rings. The molecule has 0 aliphatic rings. The number of aryl methyl sites for hydroxylation is 1. The molecule has 0 spiro atoms. The normalized spacial score (nSPS) is 12.5. The molecule has 0 saturated heterocycles. The van der Waals surface area contributed by atoms with Crippen LogP contribution in [-0.2, 0) is 7.05 Å². The molecule has 19 heavy (non-hydrogen) atoms. The van der Waals surface area contributed by atoms with Gasteiger partial charge in [-0.2, -0.15) is 5.10 Å². The summed E-state index contributed by atoms with van der Waals surface area (Å²) >= 11 is 5.75. The van der Waals surface area contributed by atoms with Crippen molar-refractivity contribution in [3.63, 3.8) is 0 Å². The van der Waals surface area contributed by atoms with Crippen LogP contribution in [0.1, 0.15) is 17.3 Å². The number of ether oxygens (including phenoxy) is 1. The zero-order valence-electron chi connectivity index (χ0n) is 10.5. The van der Waals surface area contributed by atoms with Crippen LogP contribution in [0.5, 0.6) is 5.75 Å². The molecule has 5 nitrogen and oxygen atoms in total. The molecule has 0 bridgehead atoms. The van der Waals surface area contributed by atoms with E-state index in [1.165, 1.54) is 13.2 Å². The fourth-order valence-corrected chi connectivity index (χ4v) is 2.12. The van der Waals surface area contributed by atoms with Crippen molar-refractivity contribution < 1.29 is 9.13 Å². The van der Waals surface area contributed by atoms with Gasteiger partial charge in [0, 0.05) is 17.6 Å². The fraction of sp³-hybridized carbons (Fsp3) is 0.250. The topological polar surface area (TPSA) is 65.1 Å². The van der Waals surface area contributed by atoms with Crippen molar-refractivity contribution in [2.45, 2.75) is 6.04 Å². The number of nitrogens with two attached hydrogens (primary N) is 1. The maximum atomic E-state index is 14.0. The van der Waals surface area contributed by atoms with E-state index in [1.807, 2.05) is 0 Å². The Hall–Kier alpha value is -1.63. The second kappa shape index (κ2) is 5.56. The van der Waals surface area contributed by atoms with Crippen molar-refractivity contribution in [2.24, 2.45) is 12.9 Å². The van der Waals surface area contributed by atoms with Gasteiger partial charge in [0.1, 0.15) is 11.5 Å². The summed E-state index contributed by atoms with van der Waals surface area (Å²) in [5, 5.41) is 4.40. The Morgan fingerprint density at radius 1 is 1.53 bits per heavy atom. The lowest BCUT2D eigenvalue weighted by molar-refractivity contribution is 0.400. The van der Waals surface area contributed by atoms with Gasteiger partial charge >= 0.3 is 0 Å². The van der Waals surface area contributed by atoms with Crippen LogP contribution in [0.15, 0.2) is 24.4 Å². The molecule has 0 saturated carbocycles. The first-order chi connectivity index (χ1) is 9.08. The van der Waals surface area contributed by atoms with Gasteiger partial charge < -0.3 is 4.74 Å². The molecule has 1 aromatic heterocycles. The number of hydrazine groups is 1. The van der Waals surface area contributed by atoms with Gasteiger partial charge in [-0.1, -0.05) is 17.7 Å². The van der Waals surface area contributed by atoms with Crippen LogP contribution in [-0.4, -0.2) is 16.9 Å². The van der Waals surface area contributed by atoms with Crippen LogP contribution in [0.2, 0.25) is 5.02 Å². The van der Waals surface area contributed by atoms with E-state index in [4.69, 9.17) is 22.2 Å². The molecule has 2 rings (SSSR count). The van der Waals surface area contributed by atoms with E-state index in [0.717, 1.165) is 0 Å². The number of nitrogens with zero attached hydrogens (tertiary/aromatic N) is 2. The molecule has 1 heterocycles. The third kappa shape index (κ3) is 2.56. The highest BCUT2D eigenvalue weighted by atomic mass is 35.5. The minimum Gasteiger partial charge on any atom is -0.493 e. The number of hydrogen-bond acceptors (Lipinski definition) is 4. The summed E-state index contributed by atoms with van der Waals surface area (Å²) in [5.41, 5.74) is 3.57. The predicted molar refractivity (Wildman–Crippen MR) is 70.3 cm³/mol. The molecule has 2 aromatic rings. The van der Waals surface area contributed by atoms with Gasteiger partial charge in [-0.3, -0.25) is 10.5 Å². The van der Waals surface area contributed by atoms with Gasteiger partial charge in [0.05, 0.1) is 19.3 Å². The molecular formula is C12H14ClFN4O. The second-order valence-electron chi connectivity index (χ2n) is 3.99. The first kappa shape index (κ1) is 13.8. The van der Waals surface area contributed by atoms with Crippen LogP contribution < -0.4 is 16.0 Å². The number of methoxy groups -OCH3 is 1. The van der Waals surface area contributed by atoms with Gasteiger partial charge in [-0.25, -0.2) is 9.82 Å². The lowest BCUT2D eigenvalue weighted by Crippen LogP contribution is -2.31. The Balaban J connectivity index is 2.52. The number of rotatable bonds is 4. The van der Waals surface area contributed by atoms with Gasteiger partial charge in [-0.05, 0) is 12.1 Å². The molecule has 0 amide bonds. The SMILES string of the molecule is COc1cnn(C)c1C(NN)c1ccc(Cl)cc1F. The standard InChI is InChI=1S/C12H14ClFN4O/c1-18-12(10(19-2)6-16-18)11(17-15)8-4-3-7(13)5-9(8)14/h3-6,11,17H,15H2,1-2H3. The maximum Gasteiger partial charge on any atom is 0.161 e. The Morgan fingerprint density at radius 3 is 2.84 bits per heavy atom. The van der Waals surface area contributed by atoms with Crippen molar-refractivity contribution in [2.75, 3.05) is 7.11 Å². The van der Waals surface area contributed by atoms with Crippen LogP contribution in [0.25, 0.3) is 0 Å². The summed E-state index contributed by atoms with van der Waals surface area (Å²) < 4.78 is 20.8. The molecule has 1 unspecified atom stereocenters. The van der Waals surface area contributed by atoms with E-state index in [1.54, 1.807) is 30.1 Å². The highest BCUT2D eigenvalue weighted by Gasteiger charge is 2.24. The maximum absolute atomic E-state index is 14.0. The average Bonchev–Trinajstić information content (AvgIpc) is 2.74. The van der Waals surface area contributed by atoms with E-state index >= 15 is 0 Å². The first-order valence-corrected chi connectivity index (χ1v) is 5.93. The smallest absolute Gasteiger partial charge is 0.161 e. The Morgan fingerprint density at radius 2 is 2.26 bits per heavy atom. The van der Waals surface area contributed by atoms with Gasteiger partial charge in [-0.15, -0.1) is 0 Å². The lowest BCUT2D eigenvalue weighted by atomic mass is 10.0. The second-order valence-corrected chi connectivity index (χ2v) is 4.42. The zero-order chi connectivity index (χ0) is 14.0. The van der Waals surface area contributed by atoms with Crippen molar-refractivity contribution in [3.8, 4) is 5.75 Å². The minimum atomic E-state index is -0.584. The first-order valence-electron chi connectivity index (χ1n) is 5.55. The lowest BCUT2D eigenvalue weighted by Gasteiger charge is -2.18. The van der Waals surface area contributed by atoms with E-state index in [9.17, 15) is 4.39 Å². The summed E-state index contributed by atoms with van der Waals surface area (Å²) in [6, 6.07) is 3.84. The quantitative estimate of drug-likeness (QED) is 0.663. The summed E-state index contributed by atoms with van der Waals surface area (Å²) in [6.45, 7) is 0. The summed E-state index contributed by atoms with van der Waals surface area (Å²) in [7, 11) is 3.25. The van der Waals surface area contributed by atoms with Crippen LogP contribution >= 0.6 is 11.6 Å². The highest BCUT2D eigenvalue weighted by molar-refractivity contribution is 6.30. The molecule has 0 aliphatic heterocycles. The van der Waals surface area contributed by atoms with Crippen molar-refractivity contribution >= 4 is 11.6 Å². The molecule has 7 heteroatoms. The highest BCUT2D eigenvalue weighted by Crippen LogP contribution is 2.31. The minimum absolute atomic E-state index is 0.328. The third-order valence-electron chi connectivity index (χ3n) is 2.88. The monoisotopic (exact) mass is 284 g/mol. The average molecular weight is 285 g/mol. The van der Waals surface area contributed by atoms with Crippen LogP contribution in [0, 0.1) is 5.82 Å². The number of hydrogen-bond donors (Lipinski definition) is 2. The summed E-state index contributed by atoms with van der Waals surface area (Å²) in [4.78, 5) is 0. The molecule has 1 aromatic carbocycles. The fourth-order valence-electron chi connectivity index (χ4n) is 1.96. The Labute approximate surface area is 115 Å². The Kier molecular flexibility index (Phi) is 4.04. The van der Waals surface area contributed by atoms with Crippen LogP contribution in [0.4, 0.5) is 4.39 Å². The summed E-state index contributed by atoms with van der Waals surface area (Å²) in [5.74, 6) is 5.63. The molecule has 3 N–H and O–H groups in total.